The Labute approximate surface area is 150 Å². The molecule has 3 heterocycles. The Morgan fingerprint density at radius 2 is 2.23 bits per heavy atom. The van der Waals surface area contributed by atoms with Gasteiger partial charge in [-0.3, -0.25) is 4.79 Å². The first kappa shape index (κ1) is 16.6. The average molecular weight is 355 g/mol. The zero-order chi connectivity index (χ0) is 18.1. The van der Waals surface area contributed by atoms with E-state index in [9.17, 15) is 9.59 Å². The highest BCUT2D eigenvalue weighted by atomic mass is 16.5. The summed E-state index contributed by atoms with van der Waals surface area (Å²) in [6.45, 7) is 0. The van der Waals surface area contributed by atoms with Gasteiger partial charge in [0.05, 0.1) is 18.9 Å². The fourth-order valence-electron chi connectivity index (χ4n) is 4.01. The summed E-state index contributed by atoms with van der Waals surface area (Å²) in [5, 5.41) is 6.42. The van der Waals surface area contributed by atoms with E-state index in [0.717, 1.165) is 31.4 Å². The molecular formula is C19H21N3O4. The number of nitrogens with one attached hydrogen (secondary N) is 1. The highest BCUT2D eigenvalue weighted by Crippen LogP contribution is 2.37. The number of fused-ring (bicyclic) bond motifs is 1. The first-order valence-electron chi connectivity index (χ1n) is 8.88. The summed E-state index contributed by atoms with van der Waals surface area (Å²) in [4.78, 5) is 24.3. The summed E-state index contributed by atoms with van der Waals surface area (Å²) in [6, 6.07) is 4.08. The molecule has 2 atom stereocenters. The van der Waals surface area contributed by atoms with E-state index in [1.54, 1.807) is 18.7 Å². The second-order valence-electron chi connectivity index (χ2n) is 6.82. The Bertz CT molecular complexity index is 925. The van der Waals surface area contributed by atoms with E-state index in [0.29, 0.717) is 22.7 Å². The van der Waals surface area contributed by atoms with Crippen LogP contribution >= 0.6 is 0 Å². The molecule has 7 heteroatoms. The number of H-pyrrole nitrogens is 1. The lowest BCUT2D eigenvalue weighted by Crippen LogP contribution is -2.26. The summed E-state index contributed by atoms with van der Waals surface area (Å²) in [5.41, 5.74) is 0.787. The van der Waals surface area contributed by atoms with Crippen LogP contribution in [0, 0.1) is 5.92 Å². The minimum atomic E-state index is -0.491. The average Bonchev–Trinajstić information content (AvgIpc) is 3.31. The smallest absolute Gasteiger partial charge is 0.341 e. The van der Waals surface area contributed by atoms with E-state index in [4.69, 9.17) is 9.15 Å². The number of furan rings is 1. The van der Waals surface area contributed by atoms with Crippen molar-refractivity contribution in [2.45, 2.75) is 38.1 Å². The van der Waals surface area contributed by atoms with Crippen molar-refractivity contribution >= 4 is 5.97 Å². The topological polar surface area (TPSA) is 90.1 Å². The zero-order valence-electron chi connectivity index (χ0n) is 14.6. The third-order valence-electron chi connectivity index (χ3n) is 5.28. The number of aromatic amines is 1. The van der Waals surface area contributed by atoms with E-state index in [2.05, 4.69) is 10.2 Å². The highest BCUT2D eigenvalue weighted by molar-refractivity contribution is 5.95. The van der Waals surface area contributed by atoms with Gasteiger partial charge in [0.15, 0.2) is 0 Å². The normalized spacial score (nSPS) is 20.3. The maximum atomic E-state index is 12.2. The Balaban J connectivity index is 1.76. The number of rotatable bonds is 4. The molecule has 0 amide bonds. The number of ether oxygens (including phenoxy) is 1. The predicted molar refractivity (Wildman–Crippen MR) is 94.2 cm³/mol. The molecular weight excluding hydrogens is 334 g/mol. The summed E-state index contributed by atoms with van der Waals surface area (Å²) in [5.74, 6) is 0.851. The van der Waals surface area contributed by atoms with Crippen molar-refractivity contribution in [1.82, 2.24) is 14.8 Å². The van der Waals surface area contributed by atoms with Crippen molar-refractivity contribution < 1.29 is 13.9 Å². The van der Waals surface area contributed by atoms with E-state index in [-0.39, 0.29) is 11.6 Å². The van der Waals surface area contributed by atoms with Crippen LogP contribution < -0.4 is 5.56 Å². The van der Waals surface area contributed by atoms with Crippen LogP contribution in [0.1, 0.15) is 47.8 Å². The third-order valence-corrected chi connectivity index (χ3v) is 5.28. The first-order chi connectivity index (χ1) is 12.7. The lowest BCUT2D eigenvalue weighted by atomic mass is 9.81. The second-order valence-corrected chi connectivity index (χ2v) is 6.82. The van der Waals surface area contributed by atoms with Gasteiger partial charge in [0, 0.05) is 24.9 Å². The Morgan fingerprint density at radius 1 is 1.38 bits per heavy atom. The number of nitrogens with zero attached hydrogens (tertiary/aromatic N) is 2. The molecule has 2 aliphatic heterocycles. The van der Waals surface area contributed by atoms with E-state index < -0.39 is 5.97 Å². The standard InChI is InChI=1S/C19H21N3O4/c1-25-19(24)15-11-22(10-14-17(15)20-21-18(14)23)16-7-3-2-5-12(16)9-13-6-4-8-26-13/h4,6,8,10-12,16H,2-3,5,7,9H2,1H3,(H,21,23). The van der Waals surface area contributed by atoms with Crippen LogP contribution in [0.5, 0.6) is 0 Å². The number of carbonyl (C=O) groups is 1. The molecule has 0 bridgehead atoms. The quantitative estimate of drug-likeness (QED) is 0.727. The predicted octanol–water partition coefficient (Wildman–Crippen LogP) is 3.03. The second kappa shape index (κ2) is 6.82. The molecule has 1 aromatic rings. The Morgan fingerprint density at radius 3 is 3.00 bits per heavy atom. The summed E-state index contributed by atoms with van der Waals surface area (Å²) >= 11 is 0. The van der Waals surface area contributed by atoms with Gasteiger partial charge in [-0.1, -0.05) is 12.8 Å². The van der Waals surface area contributed by atoms with Crippen molar-refractivity contribution in [3.8, 4) is 11.3 Å². The van der Waals surface area contributed by atoms with Gasteiger partial charge in [-0.15, -0.1) is 0 Å². The number of methoxy groups -OCH3 is 1. The lowest BCUT2D eigenvalue weighted by molar-refractivity contribution is 0.0599. The minimum Gasteiger partial charge on any atom is -0.469 e. The molecule has 1 saturated carbocycles. The van der Waals surface area contributed by atoms with Gasteiger partial charge < -0.3 is 13.7 Å². The van der Waals surface area contributed by atoms with Crippen molar-refractivity contribution in [1.29, 1.82) is 0 Å². The molecule has 2 unspecified atom stereocenters. The summed E-state index contributed by atoms with van der Waals surface area (Å²) in [6.07, 6.45) is 10.5. The molecule has 4 rings (SSSR count). The molecule has 1 aromatic heterocycles. The maximum Gasteiger partial charge on any atom is 0.341 e. The summed E-state index contributed by atoms with van der Waals surface area (Å²) < 4.78 is 12.4. The van der Waals surface area contributed by atoms with Crippen LogP contribution in [0.2, 0.25) is 0 Å². The van der Waals surface area contributed by atoms with Crippen LogP contribution in [-0.2, 0) is 11.2 Å². The number of pyridine rings is 1. The monoisotopic (exact) mass is 355 g/mol. The fraction of sp³-hybridized carbons (Fsp3) is 0.421. The Hall–Kier alpha value is -2.83. The van der Waals surface area contributed by atoms with Gasteiger partial charge in [-0.25, -0.2) is 9.89 Å². The van der Waals surface area contributed by atoms with Gasteiger partial charge in [-0.05, 0) is 30.9 Å². The molecule has 1 aliphatic carbocycles. The molecule has 7 nitrogen and oxygen atoms in total. The molecule has 136 valence electrons. The minimum absolute atomic E-state index is 0.191. The van der Waals surface area contributed by atoms with Gasteiger partial charge in [0.2, 0.25) is 0 Å². The van der Waals surface area contributed by atoms with Gasteiger partial charge in [0.25, 0.3) is 5.56 Å². The highest BCUT2D eigenvalue weighted by Gasteiger charge is 2.30. The van der Waals surface area contributed by atoms with Crippen molar-refractivity contribution in [2.75, 3.05) is 7.11 Å². The lowest BCUT2D eigenvalue weighted by Gasteiger charge is -2.33. The Kier molecular flexibility index (Phi) is 4.36. The van der Waals surface area contributed by atoms with Crippen molar-refractivity contribution in [2.24, 2.45) is 5.92 Å². The number of hydrogen-bond donors (Lipinski definition) is 1. The SMILES string of the molecule is COC(=O)c1cn(C2CCCCC2Cc2ccco2)cc2c(=O)[nH]nc1-2. The van der Waals surface area contributed by atoms with Crippen LogP contribution in [0.3, 0.4) is 0 Å². The largest absolute Gasteiger partial charge is 0.469 e. The number of hydrogen-bond acceptors (Lipinski definition) is 5. The van der Waals surface area contributed by atoms with Crippen molar-refractivity contribution in [3.63, 3.8) is 0 Å². The van der Waals surface area contributed by atoms with Gasteiger partial charge in [0.1, 0.15) is 17.0 Å². The molecule has 1 fully saturated rings. The molecule has 0 saturated heterocycles. The van der Waals surface area contributed by atoms with Crippen LogP contribution in [0.25, 0.3) is 11.3 Å². The molecule has 0 aromatic carbocycles. The van der Waals surface area contributed by atoms with Crippen molar-refractivity contribution in [3.05, 3.63) is 52.5 Å². The van der Waals surface area contributed by atoms with Crippen LogP contribution in [0.4, 0.5) is 0 Å². The zero-order valence-corrected chi connectivity index (χ0v) is 14.6. The number of aromatic nitrogens is 3. The number of esters is 1. The van der Waals surface area contributed by atoms with Gasteiger partial charge in [-0.2, -0.15) is 5.10 Å². The van der Waals surface area contributed by atoms with E-state index >= 15 is 0 Å². The molecule has 0 radical (unpaired) electrons. The third kappa shape index (κ3) is 2.94. The maximum absolute atomic E-state index is 12.2. The van der Waals surface area contributed by atoms with Gasteiger partial charge >= 0.3 is 5.97 Å². The first-order valence-corrected chi connectivity index (χ1v) is 8.88. The summed E-state index contributed by atoms with van der Waals surface area (Å²) in [7, 11) is 1.33. The van der Waals surface area contributed by atoms with E-state index in [1.807, 2.05) is 16.7 Å². The molecule has 0 spiro atoms. The molecule has 1 N–H and O–H groups in total. The number of carbonyl (C=O) groups excluding carboxylic acids is 1. The fourth-order valence-corrected chi connectivity index (χ4v) is 4.01. The molecule has 3 aliphatic rings. The van der Waals surface area contributed by atoms with Crippen LogP contribution in [-0.4, -0.2) is 27.8 Å². The molecule has 26 heavy (non-hydrogen) atoms. The van der Waals surface area contributed by atoms with Crippen LogP contribution in [0.15, 0.2) is 40.0 Å². The van der Waals surface area contributed by atoms with E-state index in [1.165, 1.54) is 13.5 Å².